The molecule has 2 saturated heterocycles. The Morgan fingerprint density at radius 1 is 1.26 bits per heavy atom. The average Bonchev–Trinajstić information content (AvgIpc) is 3.12. The number of rotatable bonds is 4. The lowest BCUT2D eigenvalue weighted by Crippen LogP contribution is -2.40. The molecule has 0 unspecified atom stereocenters. The highest BCUT2D eigenvalue weighted by atomic mass is 32.2. The third-order valence-corrected chi connectivity index (χ3v) is 7.24. The Labute approximate surface area is 135 Å². The Kier molecular flexibility index (Phi) is 4.71. The van der Waals surface area contributed by atoms with Crippen LogP contribution < -0.4 is 0 Å². The van der Waals surface area contributed by atoms with Crippen molar-refractivity contribution in [2.45, 2.75) is 37.5 Å². The summed E-state index contributed by atoms with van der Waals surface area (Å²) in [7, 11) is -3.35. The third-order valence-electron chi connectivity index (χ3n) is 4.81. The van der Waals surface area contributed by atoms with Crippen LogP contribution in [0.3, 0.4) is 0 Å². The van der Waals surface area contributed by atoms with Crippen LogP contribution >= 0.6 is 0 Å². The van der Waals surface area contributed by atoms with E-state index in [0.29, 0.717) is 38.1 Å². The van der Waals surface area contributed by atoms with Crippen LogP contribution in [0.15, 0.2) is 18.2 Å². The van der Waals surface area contributed by atoms with E-state index in [9.17, 15) is 17.2 Å². The van der Waals surface area contributed by atoms with Crippen LogP contribution in [0.5, 0.6) is 0 Å². The van der Waals surface area contributed by atoms with E-state index < -0.39 is 26.9 Å². The van der Waals surface area contributed by atoms with Gasteiger partial charge in [0.25, 0.3) is 0 Å². The predicted molar refractivity (Wildman–Crippen MR) is 82.5 cm³/mol. The fourth-order valence-electron chi connectivity index (χ4n) is 3.49. The quantitative estimate of drug-likeness (QED) is 0.841. The molecule has 0 spiro atoms. The molecule has 0 N–H and O–H groups in total. The van der Waals surface area contributed by atoms with Crippen molar-refractivity contribution in [3.05, 3.63) is 35.4 Å². The molecule has 2 aliphatic rings. The van der Waals surface area contributed by atoms with Gasteiger partial charge in [0.1, 0.15) is 5.25 Å². The lowest BCUT2D eigenvalue weighted by molar-refractivity contribution is 0.125. The first-order valence-electron chi connectivity index (χ1n) is 7.92. The number of nitrogens with zero attached hydrogens (tertiary/aromatic N) is 1. The van der Waals surface area contributed by atoms with E-state index in [2.05, 4.69) is 0 Å². The Hall–Kier alpha value is -1.05. The molecule has 0 aromatic heterocycles. The van der Waals surface area contributed by atoms with Crippen molar-refractivity contribution >= 4 is 10.0 Å². The van der Waals surface area contributed by atoms with Crippen molar-refractivity contribution in [1.82, 2.24) is 4.31 Å². The van der Waals surface area contributed by atoms with Crippen LogP contribution in [0.1, 0.15) is 25.3 Å². The van der Waals surface area contributed by atoms with Gasteiger partial charge in [-0.05, 0) is 49.8 Å². The van der Waals surface area contributed by atoms with Crippen molar-refractivity contribution in [1.29, 1.82) is 0 Å². The number of halogens is 2. The van der Waals surface area contributed by atoms with Gasteiger partial charge in [-0.15, -0.1) is 0 Å². The molecule has 0 radical (unpaired) electrons. The molecule has 3 rings (SSSR count). The van der Waals surface area contributed by atoms with Crippen molar-refractivity contribution < 1.29 is 21.9 Å². The van der Waals surface area contributed by atoms with Crippen LogP contribution in [-0.4, -0.2) is 43.8 Å². The summed E-state index contributed by atoms with van der Waals surface area (Å²) in [5.74, 6) is -1.59. The van der Waals surface area contributed by atoms with E-state index >= 15 is 0 Å². The zero-order valence-electron chi connectivity index (χ0n) is 13.0. The summed E-state index contributed by atoms with van der Waals surface area (Å²) in [6, 6.07) is 3.87. The molecule has 0 saturated carbocycles. The zero-order valence-corrected chi connectivity index (χ0v) is 13.9. The van der Waals surface area contributed by atoms with Gasteiger partial charge in [0.2, 0.25) is 10.0 Å². The Morgan fingerprint density at radius 3 is 2.70 bits per heavy atom. The van der Waals surface area contributed by atoms with Gasteiger partial charge >= 0.3 is 0 Å². The van der Waals surface area contributed by atoms with Crippen molar-refractivity contribution in [3.63, 3.8) is 0 Å². The van der Waals surface area contributed by atoms with Crippen LogP contribution in [0.4, 0.5) is 8.78 Å². The topological polar surface area (TPSA) is 46.6 Å². The summed E-state index contributed by atoms with van der Waals surface area (Å²) in [4.78, 5) is 0. The third kappa shape index (κ3) is 3.41. The van der Waals surface area contributed by atoms with E-state index in [1.54, 1.807) is 13.0 Å². The molecule has 23 heavy (non-hydrogen) atoms. The van der Waals surface area contributed by atoms with E-state index in [1.807, 2.05) is 0 Å². The summed E-state index contributed by atoms with van der Waals surface area (Å²) in [6.07, 6.45) is 1.55. The minimum absolute atomic E-state index is 0.132. The zero-order chi connectivity index (χ0) is 16.6. The largest absolute Gasteiger partial charge is 0.377 e. The standard InChI is InChI=1S/C16H21F2NO3S/c1-11-16(5-7-22-11)23(20,21)19-6-4-13(10-19)8-12-2-3-14(17)15(18)9-12/h2-3,9,11,13,16H,4-8,10H2,1H3/t11-,13-,16-/m0/s1. The summed E-state index contributed by atoms with van der Waals surface area (Å²) in [6.45, 7) is 3.20. The SMILES string of the molecule is C[C@@H]1OCC[C@@H]1S(=O)(=O)N1CC[C@@H](Cc2ccc(F)c(F)c2)C1. The summed E-state index contributed by atoms with van der Waals surface area (Å²) < 4.78 is 58.5. The molecule has 0 amide bonds. The molecule has 2 heterocycles. The van der Waals surface area contributed by atoms with Gasteiger partial charge in [0, 0.05) is 19.7 Å². The Balaban J connectivity index is 1.65. The van der Waals surface area contributed by atoms with Gasteiger partial charge in [0.15, 0.2) is 11.6 Å². The molecular weight excluding hydrogens is 324 g/mol. The van der Waals surface area contributed by atoms with Gasteiger partial charge in [-0.2, -0.15) is 0 Å². The lowest BCUT2D eigenvalue weighted by atomic mass is 9.99. The molecular formula is C16H21F2NO3S. The molecule has 1 aromatic carbocycles. The minimum Gasteiger partial charge on any atom is -0.377 e. The van der Waals surface area contributed by atoms with Crippen molar-refractivity contribution in [2.24, 2.45) is 5.92 Å². The highest BCUT2D eigenvalue weighted by molar-refractivity contribution is 7.89. The molecule has 0 aliphatic carbocycles. The summed E-state index contributed by atoms with van der Waals surface area (Å²) in [5, 5.41) is -0.468. The summed E-state index contributed by atoms with van der Waals surface area (Å²) >= 11 is 0. The molecule has 0 bridgehead atoms. The molecule has 3 atom stereocenters. The van der Waals surface area contributed by atoms with E-state index in [-0.39, 0.29) is 12.0 Å². The monoisotopic (exact) mass is 345 g/mol. The summed E-state index contributed by atoms with van der Waals surface area (Å²) in [5.41, 5.74) is 0.700. The maximum atomic E-state index is 13.3. The Bertz CT molecular complexity index is 680. The average molecular weight is 345 g/mol. The van der Waals surface area contributed by atoms with Gasteiger partial charge in [-0.1, -0.05) is 6.07 Å². The molecule has 128 valence electrons. The fourth-order valence-corrected chi connectivity index (χ4v) is 5.61. The molecule has 2 aliphatic heterocycles. The van der Waals surface area contributed by atoms with Crippen LogP contribution in [-0.2, 0) is 21.2 Å². The van der Waals surface area contributed by atoms with Crippen molar-refractivity contribution in [2.75, 3.05) is 19.7 Å². The predicted octanol–water partition coefficient (Wildman–Crippen LogP) is 2.34. The Morgan fingerprint density at radius 2 is 2.04 bits per heavy atom. The van der Waals surface area contributed by atoms with E-state index in [0.717, 1.165) is 12.5 Å². The van der Waals surface area contributed by atoms with Gasteiger partial charge in [0.05, 0.1) is 6.10 Å². The fraction of sp³-hybridized carbons (Fsp3) is 0.625. The molecule has 7 heteroatoms. The van der Waals surface area contributed by atoms with Gasteiger partial charge in [-0.3, -0.25) is 0 Å². The highest BCUT2D eigenvalue weighted by Crippen LogP contribution is 2.29. The lowest BCUT2D eigenvalue weighted by Gasteiger charge is -2.23. The second-order valence-electron chi connectivity index (χ2n) is 6.41. The second-order valence-corrected chi connectivity index (χ2v) is 8.57. The maximum Gasteiger partial charge on any atom is 0.219 e. The smallest absolute Gasteiger partial charge is 0.219 e. The number of benzene rings is 1. The number of hydrogen-bond donors (Lipinski definition) is 0. The van der Waals surface area contributed by atoms with Crippen LogP contribution in [0.2, 0.25) is 0 Å². The first kappa shape index (κ1) is 16.8. The maximum absolute atomic E-state index is 13.3. The number of sulfonamides is 1. The number of hydrogen-bond acceptors (Lipinski definition) is 3. The van der Waals surface area contributed by atoms with Crippen LogP contribution in [0.25, 0.3) is 0 Å². The van der Waals surface area contributed by atoms with Gasteiger partial charge in [-0.25, -0.2) is 21.5 Å². The molecule has 2 fully saturated rings. The molecule has 1 aromatic rings. The van der Waals surface area contributed by atoms with Crippen molar-refractivity contribution in [3.8, 4) is 0 Å². The van der Waals surface area contributed by atoms with E-state index in [1.165, 1.54) is 10.4 Å². The first-order valence-corrected chi connectivity index (χ1v) is 9.42. The second kappa shape index (κ2) is 6.45. The van der Waals surface area contributed by atoms with Crippen LogP contribution in [0, 0.1) is 17.6 Å². The van der Waals surface area contributed by atoms with Gasteiger partial charge < -0.3 is 4.74 Å². The number of ether oxygens (including phenoxy) is 1. The normalized spacial score (nSPS) is 29.3. The van der Waals surface area contributed by atoms with E-state index in [4.69, 9.17) is 4.74 Å². The highest BCUT2D eigenvalue weighted by Gasteiger charge is 2.42. The minimum atomic E-state index is -3.35. The molecule has 4 nitrogen and oxygen atoms in total. The first-order chi connectivity index (χ1) is 10.9.